The van der Waals surface area contributed by atoms with E-state index in [0.717, 1.165) is 5.39 Å². The summed E-state index contributed by atoms with van der Waals surface area (Å²) in [5.74, 6) is -2.67. The lowest BCUT2D eigenvalue weighted by atomic mass is 9.93. The molecule has 0 unspecified atom stereocenters. The van der Waals surface area contributed by atoms with Crippen LogP contribution in [-0.4, -0.2) is 25.4 Å². The van der Waals surface area contributed by atoms with Gasteiger partial charge in [0.25, 0.3) is 0 Å². The summed E-state index contributed by atoms with van der Waals surface area (Å²) >= 11 is 0. The molecule has 0 saturated heterocycles. The van der Waals surface area contributed by atoms with E-state index in [0.29, 0.717) is 5.52 Å². The molecule has 1 heterocycles. The summed E-state index contributed by atoms with van der Waals surface area (Å²) in [6, 6.07) is 8.30. The molecule has 1 fully saturated rings. The van der Waals surface area contributed by atoms with Gasteiger partial charge >= 0.3 is 0 Å². The van der Waals surface area contributed by atoms with Gasteiger partial charge in [-0.15, -0.1) is 0 Å². The minimum atomic E-state index is -3.75. The van der Waals surface area contributed by atoms with Gasteiger partial charge in [0.15, 0.2) is 0 Å². The molecule has 118 valence electrons. The Hall–Kier alpha value is -1.60. The Bertz CT molecular complexity index is 783. The Morgan fingerprint density at radius 2 is 1.86 bits per heavy atom. The lowest BCUT2D eigenvalue weighted by Gasteiger charge is -2.28. The second-order valence-electron chi connectivity index (χ2n) is 5.62. The summed E-state index contributed by atoms with van der Waals surface area (Å²) in [5.41, 5.74) is 0.707. The standard InChI is InChI=1S/C15H16F2N2O2S/c16-15(17)7-5-12(6-8-15)19-22(20,21)13-9-11-3-1-2-4-14(11)18-10-13/h1-4,9-10,12,19H,5-8H2. The molecular formula is C15H16F2N2O2S. The highest BCUT2D eigenvalue weighted by Gasteiger charge is 2.36. The average Bonchev–Trinajstić information content (AvgIpc) is 2.49. The molecule has 0 bridgehead atoms. The second-order valence-corrected chi connectivity index (χ2v) is 7.33. The molecule has 1 aliphatic carbocycles. The number of fused-ring (bicyclic) bond motifs is 1. The molecule has 4 nitrogen and oxygen atoms in total. The second kappa shape index (κ2) is 5.55. The molecule has 1 aromatic carbocycles. The van der Waals surface area contributed by atoms with Gasteiger partial charge in [-0.3, -0.25) is 4.98 Å². The third-order valence-electron chi connectivity index (χ3n) is 3.91. The molecule has 7 heteroatoms. The number of nitrogens with one attached hydrogen (secondary N) is 1. The minimum Gasteiger partial charge on any atom is -0.255 e. The number of nitrogens with zero attached hydrogens (tertiary/aromatic N) is 1. The maximum Gasteiger partial charge on any atom is 0.248 e. The summed E-state index contributed by atoms with van der Waals surface area (Å²) in [7, 11) is -3.75. The fourth-order valence-electron chi connectivity index (χ4n) is 2.64. The molecule has 0 radical (unpaired) electrons. The van der Waals surface area contributed by atoms with Crippen LogP contribution in [0.3, 0.4) is 0 Å². The van der Waals surface area contributed by atoms with Crippen LogP contribution < -0.4 is 4.72 Å². The lowest BCUT2D eigenvalue weighted by molar-refractivity contribution is -0.0387. The van der Waals surface area contributed by atoms with Gasteiger partial charge < -0.3 is 0 Å². The van der Waals surface area contributed by atoms with Crippen LogP contribution in [0.1, 0.15) is 25.7 Å². The van der Waals surface area contributed by atoms with Gasteiger partial charge in [-0.2, -0.15) is 0 Å². The van der Waals surface area contributed by atoms with Crippen molar-refractivity contribution < 1.29 is 17.2 Å². The highest BCUT2D eigenvalue weighted by molar-refractivity contribution is 7.89. The Labute approximate surface area is 127 Å². The predicted octanol–water partition coefficient (Wildman–Crippen LogP) is 3.09. The number of sulfonamides is 1. The van der Waals surface area contributed by atoms with Crippen LogP contribution in [0.2, 0.25) is 0 Å². The summed E-state index contributed by atoms with van der Waals surface area (Å²) in [6.07, 6.45) is 1.02. The van der Waals surface area contributed by atoms with Crippen molar-refractivity contribution in [1.29, 1.82) is 0 Å². The fraction of sp³-hybridized carbons (Fsp3) is 0.400. The third kappa shape index (κ3) is 3.25. The van der Waals surface area contributed by atoms with Crippen molar-refractivity contribution in [3.05, 3.63) is 36.5 Å². The Morgan fingerprint density at radius 1 is 1.18 bits per heavy atom. The van der Waals surface area contributed by atoms with Crippen molar-refractivity contribution in [2.45, 2.75) is 42.5 Å². The summed E-state index contributed by atoms with van der Waals surface area (Å²) in [5, 5.41) is 0.723. The normalized spacial score (nSPS) is 19.4. The largest absolute Gasteiger partial charge is 0.255 e. The smallest absolute Gasteiger partial charge is 0.248 e. The number of halogens is 2. The maximum atomic E-state index is 13.1. The number of aromatic nitrogens is 1. The molecule has 0 amide bonds. The van der Waals surface area contributed by atoms with Gasteiger partial charge in [-0.05, 0) is 25.0 Å². The van der Waals surface area contributed by atoms with Gasteiger partial charge in [-0.1, -0.05) is 18.2 Å². The SMILES string of the molecule is O=S(=O)(NC1CCC(F)(F)CC1)c1cnc2ccccc2c1. The van der Waals surface area contributed by atoms with Gasteiger partial charge in [0, 0.05) is 30.5 Å². The molecular weight excluding hydrogens is 310 g/mol. The number of hydrogen-bond donors (Lipinski definition) is 1. The predicted molar refractivity (Wildman–Crippen MR) is 79.3 cm³/mol. The molecule has 0 aliphatic heterocycles. The highest BCUT2D eigenvalue weighted by atomic mass is 32.2. The molecule has 0 spiro atoms. The minimum absolute atomic E-state index is 0.0588. The van der Waals surface area contributed by atoms with E-state index in [4.69, 9.17) is 0 Å². The van der Waals surface area contributed by atoms with Crippen molar-refractivity contribution in [2.24, 2.45) is 0 Å². The number of pyridine rings is 1. The lowest BCUT2D eigenvalue weighted by Crippen LogP contribution is -2.40. The monoisotopic (exact) mass is 326 g/mol. The summed E-state index contributed by atoms with van der Waals surface area (Å²) in [4.78, 5) is 4.18. The van der Waals surface area contributed by atoms with Crippen LogP contribution in [0.5, 0.6) is 0 Å². The number of rotatable bonds is 3. The van der Waals surface area contributed by atoms with E-state index in [1.807, 2.05) is 6.07 Å². The molecule has 22 heavy (non-hydrogen) atoms. The van der Waals surface area contributed by atoms with Gasteiger partial charge in [0.1, 0.15) is 4.90 Å². The van der Waals surface area contributed by atoms with Gasteiger partial charge in [0.05, 0.1) is 5.52 Å². The van der Waals surface area contributed by atoms with Crippen LogP contribution in [-0.2, 0) is 10.0 Å². The summed E-state index contributed by atoms with van der Waals surface area (Å²) < 4.78 is 53.5. The molecule has 1 aromatic heterocycles. The number of benzene rings is 1. The van der Waals surface area contributed by atoms with E-state index in [2.05, 4.69) is 9.71 Å². The van der Waals surface area contributed by atoms with E-state index in [1.54, 1.807) is 24.3 Å². The van der Waals surface area contributed by atoms with Crippen molar-refractivity contribution >= 4 is 20.9 Å². The van der Waals surface area contributed by atoms with Crippen LogP contribution in [0.25, 0.3) is 10.9 Å². The molecule has 1 saturated carbocycles. The maximum absolute atomic E-state index is 13.1. The average molecular weight is 326 g/mol. The molecule has 0 atom stereocenters. The first-order valence-corrected chi connectivity index (χ1v) is 8.59. The topological polar surface area (TPSA) is 59.1 Å². The van der Waals surface area contributed by atoms with Crippen molar-refractivity contribution in [2.75, 3.05) is 0 Å². The van der Waals surface area contributed by atoms with Crippen LogP contribution >= 0.6 is 0 Å². The van der Waals surface area contributed by atoms with E-state index in [1.165, 1.54) is 6.20 Å². The van der Waals surface area contributed by atoms with E-state index < -0.39 is 22.0 Å². The zero-order chi connectivity index (χ0) is 15.8. The zero-order valence-electron chi connectivity index (χ0n) is 11.8. The third-order valence-corrected chi connectivity index (χ3v) is 5.40. The van der Waals surface area contributed by atoms with Crippen molar-refractivity contribution in [1.82, 2.24) is 9.71 Å². The Balaban J connectivity index is 1.80. The first kappa shape index (κ1) is 15.3. The Kier molecular flexibility index (Phi) is 3.86. The first-order chi connectivity index (χ1) is 10.4. The summed E-state index contributed by atoms with van der Waals surface area (Å²) in [6.45, 7) is 0. The van der Waals surface area contributed by atoms with Crippen molar-refractivity contribution in [3.63, 3.8) is 0 Å². The molecule has 1 N–H and O–H groups in total. The van der Waals surface area contributed by atoms with Crippen LogP contribution in [0.4, 0.5) is 8.78 Å². The van der Waals surface area contributed by atoms with E-state index in [-0.39, 0.29) is 30.6 Å². The van der Waals surface area contributed by atoms with Gasteiger partial charge in [-0.25, -0.2) is 21.9 Å². The van der Waals surface area contributed by atoms with Crippen LogP contribution in [0, 0.1) is 0 Å². The Morgan fingerprint density at radius 3 is 2.59 bits per heavy atom. The molecule has 1 aliphatic rings. The first-order valence-electron chi connectivity index (χ1n) is 7.11. The van der Waals surface area contributed by atoms with Crippen molar-refractivity contribution in [3.8, 4) is 0 Å². The van der Waals surface area contributed by atoms with E-state index >= 15 is 0 Å². The number of alkyl halides is 2. The molecule has 3 rings (SSSR count). The number of hydrogen-bond acceptors (Lipinski definition) is 3. The van der Waals surface area contributed by atoms with Crippen LogP contribution in [0.15, 0.2) is 41.4 Å². The van der Waals surface area contributed by atoms with Gasteiger partial charge in [0.2, 0.25) is 15.9 Å². The highest BCUT2D eigenvalue weighted by Crippen LogP contribution is 2.33. The quantitative estimate of drug-likeness (QED) is 0.943. The molecule has 2 aromatic rings. The van der Waals surface area contributed by atoms with E-state index in [9.17, 15) is 17.2 Å². The zero-order valence-corrected chi connectivity index (χ0v) is 12.6. The fourth-order valence-corrected chi connectivity index (χ4v) is 3.93. The number of para-hydroxylation sites is 1.